The zero-order chi connectivity index (χ0) is 12.3. The molecule has 0 aliphatic carbocycles. The Labute approximate surface area is 102 Å². The lowest BCUT2D eigenvalue weighted by molar-refractivity contribution is -0.127. The minimum Gasteiger partial charge on any atom is -0.462 e. The van der Waals surface area contributed by atoms with Crippen LogP contribution in [0.25, 0.3) is 6.08 Å². The first kappa shape index (κ1) is 12.0. The lowest BCUT2D eigenvalue weighted by atomic mass is 9.99. The maximum atomic E-state index is 11.9. The predicted molar refractivity (Wildman–Crippen MR) is 67.5 cm³/mol. The largest absolute Gasteiger partial charge is 0.462 e. The average molecular weight is 233 g/mol. The number of rotatable bonds is 2. The molecule has 17 heavy (non-hydrogen) atoms. The molecule has 2 heterocycles. The van der Waals surface area contributed by atoms with Crippen LogP contribution in [0.4, 0.5) is 0 Å². The third-order valence-electron chi connectivity index (χ3n) is 3.25. The highest BCUT2D eigenvalue weighted by Gasteiger charge is 2.18. The molecule has 92 valence electrons. The van der Waals surface area contributed by atoms with E-state index in [2.05, 4.69) is 6.92 Å². The molecule has 2 rings (SSSR count). The van der Waals surface area contributed by atoms with E-state index in [0.717, 1.165) is 43.4 Å². The molecule has 0 bridgehead atoms. The normalized spacial score (nSPS) is 17.9. The number of hydrogen-bond acceptors (Lipinski definition) is 2. The van der Waals surface area contributed by atoms with E-state index in [1.54, 1.807) is 12.2 Å². The van der Waals surface area contributed by atoms with Gasteiger partial charge in [-0.3, -0.25) is 4.79 Å². The van der Waals surface area contributed by atoms with Gasteiger partial charge in [0, 0.05) is 19.2 Å². The van der Waals surface area contributed by atoms with E-state index in [1.807, 2.05) is 24.0 Å². The van der Waals surface area contributed by atoms with Crippen LogP contribution in [-0.4, -0.2) is 23.9 Å². The Bertz CT molecular complexity index is 412. The molecule has 1 aliphatic rings. The van der Waals surface area contributed by atoms with Crippen LogP contribution in [-0.2, 0) is 4.79 Å². The highest BCUT2D eigenvalue weighted by molar-refractivity contribution is 5.91. The lowest BCUT2D eigenvalue weighted by Crippen LogP contribution is -2.36. The van der Waals surface area contributed by atoms with Crippen LogP contribution in [0.3, 0.4) is 0 Å². The van der Waals surface area contributed by atoms with Crippen LogP contribution >= 0.6 is 0 Å². The molecule has 0 spiro atoms. The summed E-state index contributed by atoms with van der Waals surface area (Å²) in [5.41, 5.74) is 0. The van der Waals surface area contributed by atoms with E-state index in [1.165, 1.54) is 0 Å². The molecule has 0 unspecified atom stereocenters. The number of hydrogen-bond donors (Lipinski definition) is 0. The van der Waals surface area contributed by atoms with Gasteiger partial charge in [-0.05, 0) is 43.9 Å². The summed E-state index contributed by atoms with van der Waals surface area (Å²) in [6.45, 7) is 5.89. The summed E-state index contributed by atoms with van der Waals surface area (Å²) in [7, 11) is 0. The fraction of sp³-hybridized carbons (Fsp3) is 0.500. The van der Waals surface area contributed by atoms with Crippen molar-refractivity contribution in [2.75, 3.05) is 13.1 Å². The van der Waals surface area contributed by atoms with Gasteiger partial charge in [-0.15, -0.1) is 0 Å². The van der Waals surface area contributed by atoms with Crippen molar-refractivity contribution < 1.29 is 9.21 Å². The minimum atomic E-state index is 0.0888. The first-order valence-corrected chi connectivity index (χ1v) is 6.18. The highest BCUT2D eigenvalue weighted by Crippen LogP contribution is 2.16. The molecule has 0 N–H and O–H groups in total. The van der Waals surface area contributed by atoms with Gasteiger partial charge in [-0.2, -0.15) is 0 Å². The average Bonchev–Trinajstić information content (AvgIpc) is 2.73. The summed E-state index contributed by atoms with van der Waals surface area (Å²) in [5.74, 6) is 2.44. The van der Waals surface area contributed by atoms with Gasteiger partial charge in [0.05, 0.1) is 0 Å². The van der Waals surface area contributed by atoms with Crippen LogP contribution in [0.2, 0.25) is 0 Å². The van der Waals surface area contributed by atoms with Gasteiger partial charge < -0.3 is 9.32 Å². The lowest BCUT2D eigenvalue weighted by Gasteiger charge is -2.29. The minimum absolute atomic E-state index is 0.0888. The van der Waals surface area contributed by atoms with E-state index < -0.39 is 0 Å². The summed E-state index contributed by atoms with van der Waals surface area (Å²) in [6.07, 6.45) is 5.57. The summed E-state index contributed by atoms with van der Waals surface area (Å²) in [5, 5.41) is 0. The van der Waals surface area contributed by atoms with Crippen molar-refractivity contribution in [3.8, 4) is 0 Å². The van der Waals surface area contributed by atoms with Crippen LogP contribution < -0.4 is 0 Å². The zero-order valence-electron chi connectivity index (χ0n) is 10.5. The summed E-state index contributed by atoms with van der Waals surface area (Å²) in [4.78, 5) is 13.8. The smallest absolute Gasteiger partial charge is 0.246 e. The number of piperidine rings is 1. The Kier molecular flexibility index (Phi) is 3.67. The maximum absolute atomic E-state index is 11.9. The van der Waals surface area contributed by atoms with Crippen molar-refractivity contribution in [1.29, 1.82) is 0 Å². The number of amides is 1. The van der Waals surface area contributed by atoms with Gasteiger partial charge in [0.15, 0.2) is 0 Å². The summed E-state index contributed by atoms with van der Waals surface area (Å²) >= 11 is 0. The Hall–Kier alpha value is -1.51. The second-order valence-corrected chi connectivity index (χ2v) is 4.79. The Balaban J connectivity index is 1.90. The number of furan rings is 1. The van der Waals surface area contributed by atoms with E-state index in [4.69, 9.17) is 4.42 Å². The number of carbonyl (C=O) groups is 1. The number of likely N-dealkylation sites (tertiary alicyclic amines) is 1. The van der Waals surface area contributed by atoms with E-state index in [9.17, 15) is 4.79 Å². The molecule has 1 fully saturated rings. The van der Waals surface area contributed by atoms with Crippen LogP contribution in [0.1, 0.15) is 31.3 Å². The quantitative estimate of drug-likeness (QED) is 0.736. The van der Waals surface area contributed by atoms with Gasteiger partial charge in [0.2, 0.25) is 5.91 Å². The Morgan fingerprint density at radius 3 is 2.71 bits per heavy atom. The molecule has 0 atom stereocenters. The van der Waals surface area contributed by atoms with Crippen LogP contribution in [0.5, 0.6) is 0 Å². The summed E-state index contributed by atoms with van der Waals surface area (Å²) < 4.78 is 5.38. The van der Waals surface area contributed by atoms with Crippen molar-refractivity contribution in [3.63, 3.8) is 0 Å². The van der Waals surface area contributed by atoms with Crippen LogP contribution in [0.15, 0.2) is 22.6 Å². The van der Waals surface area contributed by atoms with Crippen molar-refractivity contribution >= 4 is 12.0 Å². The SMILES string of the molecule is Cc1ccc(/C=C/C(=O)N2CCC(C)CC2)o1. The first-order valence-electron chi connectivity index (χ1n) is 6.18. The van der Waals surface area contributed by atoms with E-state index in [0.29, 0.717) is 0 Å². The molecule has 1 amide bonds. The maximum Gasteiger partial charge on any atom is 0.246 e. The van der Waals surface area contributed by atoms with Gasteiger partial charge in [-0.1, -0.05) is 6.92 Å². The molecular weight excluding hydrogens is 214 g/mol. The Morgan fingerprint density at radius 2 is 2.12 bits per heavy atom. The molecule has 3 nitrogen and oxygen atoms in total. The van der Waals surface area contributed by atoms with Crippen molar-refractivity contribution in [2.24, 2.45) is 5.92 Å². The van der Waals surface area contributed by atoms with Gasteiger partial charge in [-0.25, -0.2) is 0 Å². The molecule has 0 radical (unpaired) electrons. The third kappa shape index (κ3) is 3.22. The monoisotopic (exact) mass is 233 g/mol. The predicted octanol–water partition coefficient (Wildman–Crippen LogP) is 2.86. The number of carbonyl (C=O) groups excluding carboxylic acids is 1. The molecular formula is C14H19NO2. The van der Waals surface area contributed by atoms with Crippen molar-refractivity contribution in [1.82, 2.24) is 4.90 Å². The molecule has 0 saturated carbocycles. The summed E-state index contributed by atoms with van der Waals surface area (Å²) in [6, 6.07) is 3.77. The molecule has 1 aliphatic heterocycles. The first-order chi connectivity index (χ1) is 8.15. The fourth-order valence-electron chi connectivity index (χ4n) is 2.03. The topological polar surface area (TPSA) is 33.5 Å². The third-order valence-corrected chi connectivity index (χ3v) is 3.25. The van der Waals surface area contributed by atoms with Crippen LogP contribution in [0, 0.1) is 12.8 Å². The standard InChI is InChI=1S/C14H19NO2/c1-11-7-9-15(10-8-11)14(16)6-5-13-4-3-12(2)17-13/h3-6,11H,7-10H2,1-2H3/b6-5+. The van der Waals surface area contributed by atoms with Gasteiger partial charge in [0.25, 0.3) is 0 Å². The van der Waals surface area contributed by atoms with E-state index >= 15 is 0 Å². The molecule has 0 aromatic carbocycles. The Morgan fingerprint density at radius 1 is 1.41 bits per heavy atom. The second-order valence-electron chi connectivity index (χ2n) is 4.79. The van der Waals surface area contributed by atoms with Crippen molar-refractivity contribution in [3.05, 3.63) is 29.7 Å². The second kappa shape index (κ2) is 5.21. The molecule has 1 saturated heterocycles. The highest BCUT2D eigenvalue weighted by atomic mass is 16.3. The molecule has 1 aromatic heterocycles. The molecule has 3 heteroatoms. The molecule has 1 aromatic rings. The zero-order valence-corrected chi connectivity index (χ0v) is 10.5. The van der Waals surface area contributed by atoms with Gasteiger partial charge in [0.1, 0.15) is 11.5 Å². The number of nitrogens with zero attached hydrogens (tertiary/aromatic N) is 1. The van der Waals surface area contributed by atoms with E-state index in [-0.39, 0.29) is 5.91 Å². The van der Waals surface area contributed by atoms with Crippen molar-refractivity contribution in [2.45, 2.75) is 26.7 Å². The van der Waals surface area contributed by atoms with Gasteiger partial charge >= 0.3 is 0 Å². The fourth-order valence-corrected chi connectivity index (χ4v) is 2.03. The number of aryl methyl sites for hydroxylation is 1.